The zero-order chi connectivity index (χ0) is 18.8. The van der Waals surface area contributed by atoms with Gasteiger partial charge in [-0.2, -0.15) is 5.26 Å². The lowest BCUT2D eigenvalue weighted by molar-refractivity contribution is 0.407. The summed E-state index contributed by atoms with van der Waals surface area (Å²) in [7, 11) is 1.72. The molecule has 0 amide bonds. The van der Waals surface area contributed by atoms with E-state index in [4.69, 9.17) is 4.74 Å². The van der Waals surface area contributed by atoms with Crippen molar-refractivity contribution in [3.05, 3.63) is 64.8 Å². The smallest absolute Gasteiger partial charge is 0.122 e. The Morgan fingerprint density at radius 3 is 2.50 bits per heavy atom. The molecule has 3 heteroatoms. The number of fused-ring (bicyclic) bond motifs is 1. The summed E-state index contributed by atoms with van der Waals surface area (Å²) in [6.45, 7) is 8.45. The van der Waals surface area contributed by atoms with E-state index in [1.807, 2.05) is 13.0 Å². The quantitative estimate of drug-likeness (QED) is 0.589. The second kappa shape index (κ2) is 7.25. The van der Waals surface area contributed by atoms with Gasteiger partial charge in [-0.3, -0.25) is 0 Å². The maximum absolute atomic E-state index is 9.44. The van der Waals surface area contributed by atoms with Gasteiger partial charge in [0.25, 0.3) is 0 Å². The van der Waals surface area contributed by atoms with E-state index in [2.05, 4.69) is 67.8 Å². The van der Waals surface area contributed by atoms with Gasteiger partial charge < -0.3 is 9.30 Å². The van der Waals surface area contributed by atoms with Crippen LogP contribution in [0.3, 0.4) is 0 Å². The third-order valence-corrected chi connectivity index (χ3v) is 5.16. The van der Waals surface area contributed by atoms with Crippen molar-refractivity contribution in [3.63, 3.8) is 0 Å². The molecule has 2 aromatic carbocycles. The Morgan fingerprint density at radius 1 is 1.12 bits per heavy atom. The maximum Gasteiger partial charge on any atom is 0.122 e. The summed E-state index contributed by atoms with van der Waals surface area (Å²) in [5, 5.41) is 10.7. The van der Waals surface area contributed by atoms with E-state index in [0.29, 0.717) is 5.92 Å². The summed E-state index contributed by atoms with van der Waals surface area (Å²) in [6.07, 6.45) is 0.848. The Morgan fingerprint density at radius 2 is 1.85 bits per heavy atom. The van der Waals surface area contributed by atoms with Crippen LogP contribution in [0.25, 0.3) is 10.9 Å². The van der Waals surface area contributed by atoms with Gasteiger partial charge in [-0.15, -0.1) is 0 Å². The zero-order valence-electron chi connectivity index (χ0n) is 16.2. The number of aromatic nitrogens is 1. The molecule has 0 radical (unpaired) electrons. The molecule has 3 rings (SSSR count). The molecule has 0 saturated carbocycles. The number of nitriles is 1. The average molecular weight is 346 g/mol. The monoisotopic (exact) mass is 346 g/mol. The van der Waals surface area contributed by atoms with Crippen LogP contribution >= 0.6 is 0 Å². The molecule has 0 N–H and O–H groups in total. The van der Waals surface area contributed by atoms with Crippen LogP contribution in [-0.4, -0.2) is 11.7 Å². The molecule has 0 aliphatic heterocycles. The molecule has 26 heavy (non-hydrogen) atoms. The summed E-state index contributed by atoms with van der Waals surface area (Å²) < 4.78 is 7.67. The highest BCUT2D eigenvalue weighted by atomic mass is 16.5. The van der Waals surface area contributed by atoms with E-state index in [1.54, 1.807) is 7.11 Å². The van der Waals surface area contributed by atoms with Gasteiger partial charge in [0, 0.05) is 16.6 Å². The number of benzene rings is 2. The third kappa shape index (κ3) is 3.08. The molecule has 0 aliphatic carbocycles. The highest BCUT2D eigenvalue weighted by molar-refractivity contribution is 5.86. The van der Waals surface area contributed by atoms with E-state index >= 15 is 0 Å². The van der Waals surface area contributed by atoms with Crippen molar-refractivity contribution in [2.75, 3.05) is 7.11 Å². The highest BCUT2D eigenvalue weighted by Crippen LogP contribution is 2.33. The lowest BCUT2D eigenvalue weighted by Gasteiger charge is -2.14. The highest BCUT2D eigenvalue weighted by Gasteiger charge is 2.18. The van der Waals surface area contributed by atoms with Crippen molar-refractivity contribution in [3.8, 4) is 11.8 Å². The number of hydrogen-bond donors (Lipinski definition) is 0. The standard InChI is InChI=1S/C23H26N2O/c1-15(2)20-12-18(10-11-23(20)26-5)13-21-17(4)25(16(3)14-24)22-9-7-6-8-19(21)22/h6-12,15-16H,13H2,1-5H3. The zero-order valence-corrected chi connectivity index (χ0v) is 16.2. The Labute approximate surface area is 155 Å². The summed E-state index contributed by atoms with van der Waals surface area (Å²) >= 11 is 0. The normalized spacial score (nSPS) is 12.3. The average Bonchev–Trinajstić information content (AvgIpc) is 2.93. The van der Waals surface area contributed by atoms with Gasteiger partial charge in [-0.1, -0.05) is 44.2 Å². The van der Waals surface area contributed by atoms with E-state index in [1.165, 1.54) is 27.8 Å². The van der Waals surface area contributed by atoms with Crippen LogP contribution in [0, 0.1) is 18.3 Å². The molecular weight excluding hydrogens is 320 g/mol. The molecule has 1 unspecified atom stereocenters. The fourth-order valence-electron chi connectivity index (χ4n) is 3.79. The summed E-state index contributed by atoms with van der Waals surface area (Å²) in [5.41, 5.74) is 6.10. The molecule has 1 heterocycles. The van der Waals surface area contributed by atoms with E-state index < -0.39 is 0 Å². The molecule has 1 atom stereocenters. The summed E-state index contributed by atoms with van der Waals surface area (Å²) in [5.74, 6) is 1.35. The molecule has 0 saturated heterocycles. The van der Waals surface area contributed by atoms with Gasteiger partial charge >= 0.3 is 0 Å². The van der Waals surface area contributed by atoms with Crippen LogP contribution in [-0.2, 0) is 6.42 Å². The summed E-state index contributed by atoms with van der Waals surface area (Å²) in [4.78, 5) is 0. The topological polar surface area (TPSA) is 38.0 Å². The molecule has 0 fully saturated rings. The second-order valence-corrected chi connectivity index (χ2v) is 7.16. The minimum atomic E-state index is -0.184. The molecule has 3 aromatic rings. The van der Waals surface area contributed by atoms with Crippen LogP contribution < -0.4 is 4.74 Å². The van der Waals surface area contributed by atoms with Gasteiger partial charge in [0.1, 0.15) is 11.8 Å². The minimum absolute atomic E-state index is 0.184. The number of rotatable bonds is 5. The first kappa shape index (κ1) is 18.1. The van der Waals surface area contributed by atoms with Gasteiger partial charge in [-0.05, 0) is 55.0 Å². The maximum atomic E-state index is 9.44. The Kier molecular flexibility index (Phi) is 5.04. The molecule has 0 bridgehead atoms. The van der Waals surface area contributed by atoms with Crippen molar-refractivity contribution in [2.24, 2.45) is 0 Å². The van der Waals surface area contributed by atoms with E-state index in [-0.39, 0.29) is 6.04 Å². The number of para-hydroxylation sites is 1. The van der Waals surface area contributed by atoms with Gasteiger partial charge in [0.2, 0.25) is 0 Å². The Hall–Kier alpha value is -2.73. The van der Waals surface area contributed by atoms with Crippen LogP contribution in [0.1, 0.15) is 55.1 Å². The number of ether oxygens (including phenoxy) is 1. The molecule has 0 spiro atoms. The molecule has 3 nitrogen and oxygen atoms in total. The second-order valence-electron chi connectivity index (χ2n) is 7.16. The number of hydrogen-bond acceptors (Lipinski definition) is 2. The third-order valence-electron chi connectivity index (χ3n) is 5.16. The fourth-order valence-corrected chi connectivity index (χ4v) is 3.79. The first-order valence-electron chi connectivity index (χ1n) is 9.12. The fraction of sp³-hybridized carbons (Fsp3) is 0.348. The lowest BCUT2D eigenvalue weighted by atomic mass is 9.95. The van der Waals surface area contributed by atoms with Crippen LogP contribution in [0.5, 0.6) is 5.75 Å². The first-order chi connectivity index (χ1) is 12.5. The lowest BCUT2D eigenvalue weighted by Crippen LogP contribution is -2.05. The first-order valence-corrected chi connectivity index (χ1v) is 9.12. The molecule has 0 aliphatic rings. The van der Waals surface area contributed by atoms with Crippen molar-refractivity contribution in [1.29, 1.82) is 5.26 Å². The predicted octanol–water partition coefficient (Wildman–Crippen LogP) is 5.76. The van der Waals surface area contributed by atoms with Gasteiger partial charge in [-0.25, -0.2) is 0 Å². The Balaban J connectivity index is 2.12. The van der Waals surface area contributed by atoms with Crippen LogP contribution in [0.2, 0.25) is 0 Å². The van der Waals surface area contributed by atoms with Crippen molar-refractivity contribution >= 4 is 10.9 Å². The summed E-state index contributed by atoms with van der Waals surface area (Å²) in [6, 6.07) is 17.0. The van der Waals surface area contributed by atoms with E-state index in [9.17, 15) is 5.26 Å². The van der Waals surface area contributed by atoms with Crippen molar-refractivity contribution in [2.45, 2.75) is 46.1 Å². The number of nitrogens with zero attached hydrogens (tertiary/aromatic N) is 2. The van der Waals surface area contributed by atoms with Gasteiger partial charge in [0.05, 0.1) is 13.2 Å². The molecule has 1 aromatic heterocycles. The van der Waals surface area contributed by atoms with Crippen molar-refractivity contribution in [1.82, 2.24) is 4.57 Å². The van der Waals surface area contributed by atoms with Gasteiger partial charge in [0.15, 0.2) is 0 Å². The van der Waals surface area contributed by atoms with E-state index in [0.717, 1.165) is 17.7 Å². The number of methoxy groups -OCH3 is 1. The Bertz CT molecular complexity index is 976. The predicted molar refractivity (Wildman–Crippen MR) is 107 cm³/mol. The molecule has 134 valence electrons. The SMILES string of the molecule is COc1ccc(Cc2c(C)n(C(C)C#N)c3ccccc23)cc1C(C)C. The van der Waals surface area contributed by atoms with Crippen LogP contribution in [0.15, 0.2) is 42.5 Å². The minimum Gasteiger partial charge on any atom is -0.496 e. The molecular formula is C23H26N2O. The van der Waals surface area contributed by atoms with Crippen LogP contribution in [0.4, 0.5) is 0 Å². The van der Waals surface area contributed by atoms with Crippen molar-refractivity contribution < 1.29 is 4.74 Å². The largest absolute Gasteiger partial charge is 0.496 e.